The zero-order valence-corrected chi connectivity index (χ0v) is 16.3. The topological polar surface area (TPSA) is 78.5 Å². The molecule has 0 unspecified atom stereocenters. The summed E-state index contributed by atoms with van der Waals surface area (Å²) >= 11 is 0. The Bertz CT molecular complexity index is 603. The van der Waals surface area contributed by atoms with E-state index < -0.39 is 15.3 Å². The maximum Gasteiger partial charge on any atom is 0.220 e. The lowest BCUT2D eigenvalue weighted by Gasteiger charge is -2.23. The van der Waals surface area contributed by atoms with Gasteiger partial charge in [-0.05, 0) is 45.7 Å². The van der Waals surface area contributed by atoms with Crippen LogP contribution in [0.3, 0.4) is 0 Å². The molecule has 0 spiro atoms. The van der Waals surface area contributed by atoms with Crippen LogP contribution in [-0.2, 0) is 14.8 Å². The SMILES string of the molecule is CCN(CCNC(=O)CCCCNS(=O)(=O)C(C)C)c1ccccc1. The molecule has 6 nitrogen and oxygen atoms in total. The minimum absolute atomic E-state index is 0.0100. The van der Waals surface area contributed by atoms with E-state index in [0.29, 0.717) is 32.4 Å². The number of para-hydroxylation sites is 1. The van der Waals surface area contributed by atoms with Crippen LogP contribution in [0, 0.1) is 0 Å². The van der Waals surface area contributed by atoms with E-state index in [4.69, 9.17) is 0 Å². The molecule has 0 saturated heterocycles. The van der Waals surface area contributed by atoms with Crippen LogP contribution in [0.25, 0.3) is 0 Å². The van der Waals surface area contributed by atoms with Crippen molar-refractivity contribution in [2.24, 2.45) is 0 Å². The van der Waals surface area contributed by atoms with E-state index in [1.165, 1.54) is 0 Å². The van der Waals surface area contributed by atoms with E-state index in [0.717, 1.165) is 18.8 Å². The van der Waals surface area contributed by atoms with Crippen LogP contribution in [0.2, 0.25) is 0 Å². The Hall–Kier alpha value is -1.60. The molecule has 7 heteroatoms. The Balaban J connectivity index is 2.17. The molecule has 0 fully saturated rings. The molecular formula is C18H31N3O3S. The smallest absolute Gasteiger partial charge is 0.220 e. The fourth-order valence-corrected chi connectivity index (χ4v) is 3.08. The van der Waals surface area contributed by atoms with E-state index in [9.17, 15) is 13.2 Å². The van der Waals surface area contributed by atoms with Gasteiger partial charge in [-0.15, -0.1) is 0 Å². The lowest BCUT2D eigenvalue weighted by molar-refractivity contribution is -0.121. The first-order valence-electron chi connectivity index (χ1n) is 8.92. The van der Waals surface area contributed by atoms with Gasteiger partial charge in [-0.1, -0.05) is 18.2 Å². The van der Waals surface area contributed by atoms with Crippen molar-refractivity contribution >= 4 is 21.6 Å². The average molecular weight is 370 g/mol. The summed E-state index contributed by atoms with van der Waals surface area (Å²) in [5.74, 6) is 0.0100. The second-order valence-corrected chi connectivity index (χ2v) is 8.53. The summed E-state index contributed by atoms with van der Waals surface area (Å²) in [4.78, 5) is 14.1. The van der Waals surface area contributed by atoms with Crippen molar-refractivity contribution in [2.45, 2.75) is 45.3 Å². The van der Waals surface area contributed by atoms with Gasteiger partial charge in [-0.2, -0.15) is 0 Å². The normalized spacial score (nSPS) is 11.5. The number of amides is 1. The minimum atomic E-state index is -3.21. The van der Waals surface area contributed by atoms with Crippen LogP contribution in [0.15, 0.2) is 30.3 Å². The van der Waals surface area contributed by atoms with E-state index in [1.807, 2.05) is 18.2 Å². The summed E-state index contributed by atoms with van der Waals surface area (Å²) in [7, 11) is -3.21. The van der Waals surface area contributed by atoms with E-state index in [1.54, 1.807) is 13.8 Å². The number of hydrogen-bond donors (Lipinski definition) is 2. The van der Waals surface area contributed by atoms with Gasteiger partial charge in [0.25, 0.3) is 0 Å². The summed E-state index contributed by atoms with van der Waals surface area (Å²) in [5.41, 5.74) is 1.15. The van der Waals surface area contributed by atoms with Crippen LogP contribution in [0.5, 0.6) is 0 Å². The van der Waals surface area contributed by atoms with Crippen LogP contribution in [0.1, 0.15) is 40.0 Å². The van der Waals surface area contributed by atoms with Crippen molar-refractivity contribution in [3.05, 3.63) is 30.3 Å². The number of likely N-dealkylation sites (N-methyl/N-ethyl adjacent to an activating group) is 1. The Labute approximate surface area is 152 Å². The molecule has 0 aromatic heterocycles. The van der Waals surface area contributed by atoms with Gasteiger partial charge < -0.3 is 10.2 Å². The third-order valence-corrected chi connectivity index (χ3v) is 5.81. The number of unbranched alkanes of at least 4 members (excludes halogenated alkanes) is 1. The molecule has 142 valence electrons. The largest absolute Gasteiger partial charge is 0.370 e. The Morgan fingerprint density at radius 3 is 2.40 bits per heavy atom. The lowest BCUT2D eigenvalue weighted by atomic mass is 10.2. The van der Waals surface area contributed by atoms with Gasteiger partial charge in [0.1, 0.15) is 0 Å². The number of benzene rings is 1. The summed E-state index contributed by atoms with van der Waals surface area (Å²) in [5, 5.41) is 2.49. The van der Waals surface area contributed by atoms with Crippen LogP contribution >= 0.6 is 0 Å². The Kier molecular flexibility index (Phi) is 9.52. The van der Waals surface area contributed by atoms with Gasteiger partial charge in [0.15, 0.2) is 0 Å². The third-order valence-electron chi connectivity index (χ3n) is 3.96. The van der Waals surface area contributed by atoms with E-state index in [-0.39, 0.29) is 5.91 Å². The number of hydrogen-bond acceptors (Lipinski definition) is 4. The number of carbonyl (C=O) groups is 1. The molecule has 0 saturated carbocycles. The van der Waals surface area contributed by atoms with Crippen molar-refractivity contribution < 1.29 is 13.2 Å². The van der Waals surface area contributed by atoms with Crippen LogP contribution in [0.4, 0.5) is 5.69 Å². The van der Waals surface area contributed by atoms with Crippen molar-refractivity contribution in [1.29, 1.82) is 0 Å². The number of sulfonamides is 1. The molecular weight excluding hydrogens is 338 g/mol. The molecule has 0 aliphatic rings. The number of nitrogens with zero attached hydrogens (tertiary/aromatic N) is 1. The summed E-state index contributed by atoms with van der Waals surface area (Å²) < 4.78 is 25.7. The van der Waals surface area contributed by atoms with Gasteiger partial charge >= 0.3 is 0 Å². The highest BCUT2D eigenvalue weighted by molar-refractivity contribution is 7.90. The first-order chi connectivity index (χ1) is 11.9. The molecule has 1 amide bonds. The average Bonchev–Trinajstić information content (AvgIpc) is 2.59. The Morgan fingerprint density at radius 1 is 1.12 bits per heavy atom. The molecule has 0 atom stereocenters. The second-order valence-electron chi connectivity index (χ2n) is 6.21. The fraction of sp³-hybridized carbons (Fsp3) is 0.611. The van der Waals surface area contributed by atoms with Gasteiger partial charge in [-0.3, -0.25) is 4.79 Å². The summed E-state index contributed by atoms with van der Waals surface area (Å²) in [6.07, 6.45) is 1.74. The number of anilines is 1. The molecule has 1 rings (SSSR count). The maximum absolute atomic E-state index is 11.8. The quantitative estimate of drug-likeness (QED) is 0.553. The maximum atomic E-state index is 11.8. The van der Waals surface area contributed by atoms with Crippen molar-refractivity contribution in [3.63, 3.8) is 0 Å². The first-order valence-corrected chi connectivity index (χ1v) is 10.5. The number of rotatable bonds is 12. The monoisotopic (exact) mass is 369 g/mol. The molecule has 2 N–H and O–H groups in total. The highest BCUT2D eigenvalue weighted by atomic mass is 32.2. The third kappa shape index (κ3) is 8.36. The van der Waals surface area contributed by atoms with Gasteiger partial charge in [0.2, 0.25) is 15.9 Å². The van der Waals surface area contributed by atoms with Crippen LogP contribution < -0.4 is 14.9 Å². The molecule has 0 heterocycles. The van der Waals surface area contributed by atoms with Crippen molar-refractivity contribution in [3.8, 4) is 0 Å². The number of nitrogens with one attached hydrogen (secondary N) is 2. The zero-order valence-electron chi connectivity index (χ0n) is 15.5. The second kappa shape index (κ2) is 11.1. The molecule has 0 aliphatic heterocycles. The fourth-order valence-electron chi connectivity index (χ4n) is 2.32. The number of carbonyl (C=O) groups excluding carboxylic acids is 1. The summed E-state index contributed by atoms with van der Waals surface area (Å²) in [6, 6.07) is 10.1. The summed E-state index contributed by atoms with van der Waals surface area (Å²) in [6.45, 7) is 8.01. The standard InChI is InChI=1S/C18H31N3O3S/c1-4-21(17-10-6-5-7-11-17)15-14-19-18(22)12-8-9-13-20-25(23,24)16(2)3/h5-7,10-11,16,20H,4,8-9,12-15H2,1-3H3,(H,19,22). The predicted octanol–water partition coefficient (Wildman–Crippen LogP) is 2.13. The zero-order chi connectivity index (χ0) is 18.7. The molecule has 0 bridgehead atoms. The molecule has 1 aromatic carbocycles. The van der Waals surface area contributed by atoms with Crippen molar-refractivity contribution in [1.82, 2.24) is 10.0 Å². The minimum Gasteiger partial charge on any atom is -0.370 e. The van der Waals surface area contributed by atoms with Gasteiger partial charge in [0, 0.05) is 38.3 Å². The molecule has 25 heavy (non-hydrogen) atoms. The highest BCUT2D eigenvalue weighted by Crippen LogP contribution is 2.11. The van der Waals surface area contributed by atoms with Crippen LogP contribution in [-0.4, -0.2) is 45.8 Å². The first kappa shape index (κ1) is 21.4. The predicted molar refractivity (Wildman–Crippen MR) is 103 cm³/mol. The van der Waals surface area contributed by atoms with Gasteiger partial charge in [-0.25, -0.2) is 13.1 Å². The van der Waals surface area contributed by atoms with Gasteiger partial charge in [0.05, 0.1) is 5.25 Å². The Morgan fingerprint density at radius 2 is 1.80 bits per heavy atom. The van der Waals surface area contributed by atoms with E-state index in [2.05, 4.69) is 34.0 Å². The molecule has 0 aliphatic carbocycles. The highest BCUT2D eigenvalue weighted by Gasteiger charge is 2.14. The molecule has 0 radical (unpaired) electrons. The lowest BCUT2D eigenvalue weighted by Crippen LogP contribution is -2.35. The van der Waals surface area contributed by atoms with E-state index >= 15 is 0 Å². The van der Waals surface area contributed by atoms with Crippen molar-refractivity contribution in [2.75, 3.05) is 31.1 Å². The molecule has 1 aromatic rings.